The number of nitrogens with zero attached hydrogens (tertiary/aromatic N) is 6. The van der Waals surface area contributed by atoms with E-state index in [1.54, 1.807) is 29.2 Å². The van der Waals surface area contributed by atoms with Crippen LogP contribution in [0.15, 0.2) is 41.2 Å². The molecule has 0 aromatic carbocycles. The molecule has 0 radical (unpaired) electrons. The second-order valence-corrected chi connectivity index (χ2v) is 7.82. The average molecular weight is 394 g/mol. The molecule has 4 aromatic rings. The Bertz CT molecular complexity index is 1160. The van der Waals surface area contributed by atoms with Gasteiger partial charge in [-0.2, -0.15) is 5.10 Å². The van der Waals surface area contributed by atoms with Gasteiger partial charge in [0.1, 0.15) is 18.1 Å². The molecule has 5 heterocycles. The number of aromatic nitrogens is 6. The van der Waals surface area contributed by atoms with Gasteiger partial charge in [0.05, 0.1) is 23.4 Å². The Labute approximate surface area is 167 Å². The van der Waals surface area contributed by atoms with Crippen LogP contribution in [0, 0.1) is 0 Å². The van der Waals surface area contributed by atoms with Gasteiger partial charge in [0.25, 0.3) is 0 Å². The Hall–Kier alpha value is -3.04. The van der Waals surface area contributed by atoms with Gasteiger partial charge < -0.3 is 14.3 Å². The van der Waals surface area contributed by atoms with Gasteiger partial charge in [-0.15, -0.1) is 5.10 Å². The van der Waals surface area contributed by atoms with Gasteiger partial charge in [0.15, 0.2) is 11.6 Å². The van der Waals surface area contributed by atoms with Crippen LogP contribution in [-0.2, 0) is 11.3 Å². The van der Waals surface area contributed by atoms with Gasteiger partial charge in [0, 0.05) is 19.0 Å². The number of ether oxygens (including phenoxy) is 1. The topological polar surface area (TPSA) is 104 Å². The van der Waals surface area contributed by atoms with Crippen LogP contribution in [0.5, 0.6) is 0 Å². The highest BCUT2D eigenvalue weighted by molar-refractivity contribution is 5.72. The molecular weight excluding hydrogens is 372 g/mol. The van der Waals surface area contributed by atoms with Gasteiger partial charge in [-0.05, 0) is 44.9 Å². The van der Waals surface area contributed by atoms with Crippen molar-refractivity contribution >= 4 is 5.52 Å². The zero-order valence-corrected chi connectivity index (χ0v) is 16.3. The number of fused-ring (bicyclic) bond motifs is 1. The molecule has 1 aliphatic rings. The van der Waals surface area contributed by atoms with E-state index in [1.807, 2.05) is 16.8 Å². The summed E-state index contributed by atoms with van der Waals surface area (Å²) in [7, 11) is 0. The molecule has 4 aromatic heterocycles. The SMILES string of the molecule is CC1(C)CC(n2nc(-c3nccn4nccc34)nc2-c2ccc(CO)o2)CCO1. The van der Waals surface area contributed by atoms with Crippen LogP contribution in [0.3, 0.4) is 0 Å². The highest BCUT2D eigenvalue weighted by Crippen LogP contribution is 2.35. The van der Waals surface area contributed by atoms with E-state index < -0.39 is 0 Å². The first-order valence-corrected chi connectivity index (χ1v) is 9.63. The maximum Gasteiger partial charge on any atom is 0.202 e. The van der Waals surface area contributed by atoms with Crippen LogP contribution in [0.25, 0.3) is 28.6 Å². The van der Waals surface area contributed by atoms with E-state index in [9.17, 15) is 5.11 Å². The molecule has 1 fully saturated rings. The lowest BCUT2D eigenvalue weighted by Crippen LogP contribution is -2.35. The van der Waals surface area contributed by atoms with E-state index in [-0.39, 0.29) is 18.2 Å². The minimum absolute atomic E-state index is 0.113. The number of aliphatic hydroxyl groups excluding tert-OH is 1. The zero-order chi connectivity index (χ0) is 20.0. The minimum Gasteiger partial charge on any atom is -0.455 e. The molecule has 9 heteroatoms. The predicted octanol–water partition coefficient (Wildman–Crippen LogP) is 2.87. The van der Waals surface area contributed by atoms with E-state index in [0.717, 1.165) is 18.4 Å². The molecule has 150 valence electrons. The van der Waals surface area contributed by atoms with Gasteiger partial charge in [-0.3, -0.25) is 0 Å². The van der Waals surface area contributed by atoms with E-state index in [0.29, 0.717) is 35.5 Å². The number of aliphatic hydroxyl groups is 1. The number of hydrogen-bond acceptors (Lipinski definition) is 7. The maximum atomic E-state index is 9.39. The number of hydrogen-bond donors (Lipinski definition) is 1. The summed E-state index contributed by atoms with van der Waals surface area (Å²) in [4.78, 5) is 9.28. The van der Waals surface area contributed by atoms with Gasteiger partial charge in [-0.1, -0.05) is 0 Å². The van der Waals surface area contributed by atoms with Gasteiger partial charge in [0.2, 0.25) is 5.82 Å². The van der Waals surface area contributed by atoms with E-state index in [4.69, 9.17) is 19.2 Å². The Balaban J connectivity index is 1.65. The number of rotatable bonds is 4. The van der Waals surface area contributed by atoms with E-state index in [1.165, 1.54) is 0 Å². The van der Waals surface area contributed by atoms with Crippen molar-refractivity contribution < 1.29 is 14.3 Å². The third kappa shape index (κ3) is 3.22. The average Bonchev–Trinajstić information content (AvgIpc) is 3.44. The molecule has 1 atom stereocenters. The second kappa shape index (κ2) is 6.78. The monoisotopic (exact) mass is 394 g/mol. The fraction of sp³-hybridized carbons (Fsp3) is 0.400. The summed E-state index contributed by atoms with van der Waals surface area (Å²) in [6.07, 6.45) is 6.83. The Morgan fingerprint density at radius 1 is 1.24 bits per heavy atom. The van der Waals surface area contributed by atoms with Crippen molar-refractivity contribution in [3.05, 3.63) is 42.5 Å². The molecule has 1 unspecified atom stereocenters. The quantitative estimate of drug-likeness (QED) is 0.567. The van der Waals surface area contributed by atoms with Gasteiger partial charge in [-0.25, -0.2) is 19.2 Å². The highest BCUT2D eigenvalue weighted by Gasteiger charge is 2.33. The van der Waals surface area contributed by atoms with Crippen molar-refractivity contribution in [3.63, 3.8) is 0 Å². The Morgan fingerprint density at radius 2 is 2.14 bits per heavy atom. The first-order chi connectivity index (χ1) is 14.0. The lowest BCUT2D eigenvalue weighted by molar-refractivity contribution is -0.0706. The smallest absolute Gasteiger partial charge is 0.202 e. The maximum absolute atomic E-state index is 9.39. The van der Waals surface area contributed by atoms with E-state index >= 15 is 0 Å². The summed E-state index contributed by atoms with van der Waals surface area (Å²) in [5.41, 5.74) is 1.25. The van der Waals surface area contributed by atoms with Crippen LogP contribution in [0.1, 0.15) is 38.5 Å². The minimum atomic E-state index is -0.241. The summed E-state index contributed by atoms with van der Waals surface area (Å²) in [6.45, 7) is 4.66. The summed E-state index contributed by atoms with van der Waals surface area (Å²) in [5.74, 6) is 2.18. The van der Waals surface area contributed by atoms with Crippen molar-refractivity contribution in [1.29, 1.82) is 0 Å². The van der Waals surface area contributed by atoms with Crippen LogP contribution in [-0.4, -0.2) is 46.7 Å². The molecule has 5 rings (SSSR count). The van der Waals surface area contributed by atoms with Crippen molar-refractivity contribution in [2.75, 3.05) is 6.61 Å². The molecule has 29 heavy (non-hydrogen) atoms. The molecule has 0 spiro atoms. The van der Waals surface area contributed by atoms with Crippen LogP contribution < -0.4 is 0 Å². The van der Waals surface area contributed by atoms with Crippen molar-refractivity contribution in [3.8, 4) is 23.1 Å². The highest BCUT2D eigenvalue weighted by atomic mass is 16.5. The largest absolute Gasteiger partial charge is 0.455 e. The first kappa shape index (κ1) is 18.0. The third-order valence-corrected chi connectivity index (χ3v) is 5.22. The van der Waals surface area contributed by atoms with Crippen LogP contribution in [0.2, 0.25) is 0 Å². The zero-order valence-electron chi connectivity index (χ0n) is 16.3. The molecule has 0 aliphatic carbocycles. The summed E-state index contributed by atoms with van der Waals surface area (Å²) in [6, 6.07) is 5.56. The van der Waals surface area contributed by atoms with E-state index in [2.05, 4.69) is 23.9 Å². The number of furan rings is 1. The lowest BCUT2D eigenvalue weighted by atomic mass is 9.94. The fourth-order valence-corrected chi connectivity index (χ4v) is 3.87. The normalized spacial score (nSPS) is 19.1. The lowest BCUT2D eigenvalue weighted by Gasteiger charge is -2.35. The molecule has 0 bridgehead atoms. The Morgan fingerprint density at radius 3 is 2.93 bits per heavy atom. The van der Waals surface area contributed by atoms with Gasteiger partial charge >= 0.3 is 0 Å². The molecular formula is C20H22N6O3. The predicted molar refractivity (Wildman–Crippen MR) is 104 cm³/mol. The molecule has 0 saturated carbocycles. The van der Waals surface area contributed by atoms with Crippen molar-refractivity contribution in [2.24, 2.45) is 0 Å². The molecule has 1 aliphatic heterocycles. The van der Waals surface area contributed by atoms with Crippen molar-refractivity contribution in [2.45, 2.75) is 44.9 Å². The fourth-order valence-electron chi connectivity index (χ4n) is 3.87. The third-order valence-electron chi connectivity index (χ3n) is 5.22. The summed E-state index contributed by atoms with van der Waals surface area (Å²) < 4.78 is 15.3. The molecule has 1 N–H and O–H groups in total. The standard InChI is InChI=1S/C20H22N6O3/c1-20(2)11-13(6-10-28-20)26-19(16-4-3-14(12-27)29-16)23-18(24-26)17-15-5-7-22-25(15)9-8-21-17/h3-5,7-9,13,27H,6,10-12H2,1-2H3. The molecule has 1 saturated heterocycles. The second-order valence-electron chi connectivity index (χ2n) is 7.82. The summed E-state index contributed by atoms with van der Waals surface area (Å²) >= 11 is 0. The summed E-state index contributed by atoms with van der Waals surface area (Å²) in [5, 5.41) is 18.5. The van der Waals surface area contributed by atoms with Crippen LogP contribution in [0.4, 0.5) is 0 Å². The first-order valence-electron chi connectivity index (χ1n) is 9.63. The van der Waals surface area contributed by atoms with Crippen LogP contribution >= 0.6 is 0 Å². The van der Waals surface area contributed by atoms with Crippen molar-refractivity contribution in [1.82, 2.24) is 29.4 Å². The molecule has 0 amide bonds. The molecule has 9 nitrogen and oxygen atoms in total. The Kier molecular flexibility index (Phi) is 4.21.